The Morgan fingerprint density at radius 2 is 2.08 bits per heavy atom. The van der Waals surface area contributed by atoms with Crippen molar-refractivity contribution in [1.82, 2.24) is 4.90 Å². The average Bonchev–Trinajstić information content (AvgIpc) is 2.62. The van der Waals surface area contributed by atoms with Crippen LogP contribution >= 0.6 is 0 Å². The van der Waals surface area contributed by atoms with Gasteiger partial charge in [0, 0.05) is 7.05 Å². The first-order valence-electron chi connectivity index (χ1n) is 3.97. The SMILES string of the molecule is CN(C(=O)OC(C)(C)C)C1CO1. The summed E-state index contributed by atoms with van der Waals surface area (Å²) in [6.45, 7) is 6.14. The minimum absolute atomic E-state index is 0.0696. The third kappa shape index (κ3) is 2.70. The van der Waals surface area contributed by atoms with Gasteiger partial charge in [-0.3, -0.25) is 4.90 Å². The maximum atomic E-state index is 11.3. The summed E-state index contributed by atoms with van der Waals surface area (Å²) in [6, 6.07) is 0. The summed E-state index contributed by atoms with van der Waals surface area (Å²) >= 11 is 0. The zero-order chi connectivity index (χ0) is 9.35. The number of carbonyl (C=O) groups excluding carboxylic acids is 1. The van der Waals surface area contributed by atoms with Crippen LogP contribution in [-0.2, 0) is 9.47 Å². The molecule has 1 heterocycles. The van der Waals surface area contributed by atoms with Gasteiger partial charge in [0.25, 0.3) is 0 Å². The van der Waals surface area contributed by atoms with E-state index in [0.29, 0.717) is 6.61 Å². The lowest BCUT2D eigenvalue weighted by Gasteiger charge is -2.23. The number of ether oxygens (including phenoxy) is 2. The van der Waals surface area contributed by atoms with Crippen molar-refractivity contribution in [2.45, 2.75) is 32.6 Å². The normalized spacial score (nSPS) is 21.8. The van der Waals surface area contributed by atoms with Crippen LogP contribution in [0, 0.1) is 0 Å². The molecule has 0 saturated carbocycles. The largest absolute Gasteiger partial charge is 0.444 e. The van der Waals surface area contributed by atoms with Crippen molar-refractivity contribution >= 4 is 6.09 Å². The molecule has 1 amide bonds. The first-order valence-corrected chi connectivity index (χ1v) is 3.97. The van der Waals surface area contributed by atoms with Crippen LogP contribution < -0.4 is 0 Å². The highest BCUT2D eigenvalue weighted by molar-refractivity contribution is 5.68. The molecular weight excluding hydrogens is 158 g/mol. The molecule has 4 heteroatoms. The molecule has 0 N–H and O–H groups in total. The first kappa shape index (κ1) is 9.32. The number of amides is 1. The summed E-state index contributed by atoms with van der Waals surface area (Å²) in [7, 11) is 1.67. The molecule has 1 unspecified atom stereocenters. The fourth-order valence-corrected chi connectivity index (χ4v) is 0.718. The number of carbonyl (C=O) groups is 1. The Balaban J connectivity index is 2.36. The van der Waals surface area contributed by atoms with Crippen LogP contribution in [0.5, 0.6) is 0 Å². The van der Waals surface area contributed by atoms with Gasteiger partial charge in [-0.1, -0.05) is 0 Å². The van der Waals surface area contributed by atoms with E-state index in [2.05, 4.69) is 0 Å². The third-order valence-electron chi connectivity index (χ3n) is 1.43. The highest BCUT2D eigenvalue weighted by Gasteiger charge is 2.33. The second-order valence-electron chi connectivity index (χ2n) is 3.88. The molecule has 0 radical (unpaired) electrons. The molecule has 1 aliphatic rings. The molecule has 0 aliphatic carbocycles. The minimum atomic E-state index is -0.430. The van der Waals surface area contributed by atoms with Gasteiger partial charge in [0.05, 0.1) is 6.61 Å². The number of likely N-dealkylation sites (N-methyl/N-ethyl adjacent to an activating group) is 1. The number of epoxide rings is 1. The van der Waals surface area contributed by atoms with E-state index in [1.165, 1.54) is 4.90 Å². The second kappa shape index (κ2) is 2.94. The molecule has 1 rings (SSSR count). The standard InChI is InChI=1S/C8H15NO3/c1-8(2,3)12-7(10)9(4)6-5-11-6/h6H,5H2,1-4H3. The van der Waals surface area contributed by atoms with Crippen molar-refractivity contribution in [3.8, 4) is 0 Å². The lowest BCUT2D eigenvalue weighted by molar-refractivity contribution is 0.0220. The van der Waals surface area contributed by atoms with Crippen molar-refractivity contribution in [2.24, 2.45) is 0 Å². The fourth-order valence-electron chi connectivity index (χ4n) is 0.718. The van der Waals surface area contributed by atoms with E-state index in [1.807, 2.05) is 20.8 Å². The van der Waals surface area contributed by atoms with Crippen LogP contribution in [0.15, 0.2) is 0 Å². The van der Waals surface area contributed by atoms with E-state index >= 15 is 0 Å². The Kier molecular flexibility index (Phi) is 2.28. The van der Waals surface area contributed by atoms with Crippen molar-refractivity contribution in [1.29, 1.82) is 0 Å². The maximum absolute atomic E-state index is 11.3. The van der Waals surface area contributed by atoms with Gasteiger partial charge in [-0.2, -0.15) is 0 Å². The number of rotatable bonds is 1. The van der Waals surface area contributed by atoms with Gasteiger partial charge < -0.3 is 9.47 Å². The van der Waals surface area contributed by atoms with Gasteiger partial charge in [0.15, 0.2) is 6.23 Å². The lowest BCUT2D eigenvalue weighted by atomic mass is 10.2. The zero-order valence-electron chi connectivity index (χ0n) is 7.96. The van der Waals surface area contributed by atoms with Crippen molar-refractivity contribution < 1.29 is 14.3 Å². The Morgan fingerprint density at radius 1 is 1.58 bits per heavy atom. The second-order valence-corrected chi connectivity index (χ2v) is 3.88. The first-order chi connectivity index (χ1) is 5.40. The third-order valence-corrected chi connectivity index (χ3v) is 1.43. The molecule has 1 aliphatic heterocycles. The fraction of sp³-hybridized carbons (Fsp3) is 0.875. The maximum Gasteiger partial charge on any atom is 0.412 e. The lowest BCUT2D eigenvalue weighted by Crippen LogP contribution is -2.35. The molecule has 0 aromatic carbocycles. The molecule has 1 saturated heterocycles. The summed E-state index contributed by atoms with van der Waals surface area (Å²) in [6.07, 6.45) is -0.398. The highest BCUT2D eigenvalue weighted by atomic mass is 16.6. The summed E-state index contributed by atoms with van der Waals surface area (Å²) in [4.78, 5) is 12.7. The van der Waals surface area contributed by atoms with Gasteiger partial charge in [0.2, 0.25) is 0 Å². The molecule has 1 fully saturated rings. The zero-order valence-corrected chi connectivity index (χ0v) is 7.96. The number of hydrogen-bond acceptors (Lipinski definition) is 3. The van der Waals surface area contributed by atoms with Crippen molar-refractivity contribution in [2.75, 3.05) is 13.7 Å². The predicted molar refractivity (Wildman–Crippen MR) is 43.7 cm³/mol. The molecule has 1 atom stereocenters. The summed E-state index contributed by atoms with van der Waals surface area (Å²) < 4.78 is 10.0. The van der Waals surface area contributed by atoms with Crippen LogP contribution in [0.2, 0.25) is 0 Å². The van der Waals surface area contributed by atoms with Crippen LogP contribution in [0.3, 0.4) is 0 Å². The summed E-state index contributed by atoms with van der Waals surface area (Å²) in [5.41, 5.74) is -0.430. The molecule has 0 spiro atoms. The quantitative estimate of drug-likeness (QED) is 0.560. The van der Waals surface area contributed by atoms with Crippen LogP contribution in [0.4, 0.5) is 4.79 Å². The molecular formula is C8H15NO3. The van der Waals surface area contributed by atoms with Gasteiger partial charge in [-0.25, -0.2) is 4.79 Å². The smallest absolute Gasteiger partial charge is 0.412 e. The molecule has 0 aromatic rings. The van der Waals surface area contributed by atoms with E-state index in [-0.39, 0.29) is 12.3 Å². The van der Waals surface area contributed by atoms with Crippen LogP contribution in [0.1, 0.15) is 20.8 Å². The van der Waals surface area contributed by atoms with Crippen molar-refractivity contribution in [3.63, 3.8) is 0 Å². The molecule has 0 bridgehead atoms. The van der Waals surface area contributed by atoms with Gasteiger partial charge in [0.1, 0.15) is 5.60 Å². The Labute approximate surface area is 72.4 Å². The Hall–Kier alpha value is -0.770. The minimum Gasteiger partial charge on any atom is -0.444 e. The topological polar surface area (TPSA) is 42.1 Å². The summed E-state index contributed by atoms with van der Waals surface area (Å²) in [5, 5.41) is 0. The van der Waals surface area contributed by atoms with Crippen molar-refractivity contribution in [3.05, 3.63) is 0 Å². The Bertz CT molecular complexity index is 181. The van der Waals surface area contributed by atoms with Gasteiger partial charge in [-0.15, -0.1) is 0 Å². The monoisotopic (exact) mass is 173 g/mol. The Morgan fingerprint density at radius 3 is 2.42 bits per heavy atom. The van der Waals surface area contributed by atoms with E-state index < -0.39 is 5.60 Å². The van der Waals surface area contributed by atoms with E-state index in [0.717, 1.165) is 0 Å². The molecule has 4 nitrogen and oxygen atoms in total. The van der Waals surface area contributed by atoms with E-state index in [4.69, 9.17) is 9.47 Å². The predicted octanol–water partition coefficient (Wildman–Crippen LogP) is 1.21. The van der Waals surface area contributed by atoms with E-state index in [9.17, 15) is 4.79 Å². The molecule has 12 heavy (non-hydrogen) atoms. The number of nitrogens with zero attached hydrogens (tertiary/aromatic N) is 1. The van der Waals surface area contributed by atoms with E-state index in [1.54, 1.807) is 7.05 Å². The van der Waals surface area contributed by atoms with Gasteiger partial charge >= 0.3 is 6.09 Å². The average molecular weight is 173 g/mol. The molecule has 70 valence electrons. The summed E-state index contributed by atoms with van der Waals surface area (Å²) in [5.74, 6) is 0. The van der Waals surface area contributed by atoms with Gasteiger partial charge in [-0.05, 0) is 20.8 Å². The highest BCUT2D eigenvalue weighted by Crippen LogP contribution is 2.16. The number of hydrogen-bond donors (Lipinski definition) is 0. The van der Waals surface area contributed by atoms with Crippen LogP contribution in [-0.4, -0.2) is 36.5 Å². The molecule has 0 aromatic heterocycles. The van der Waals surface area contributed by atoms with Crippen LogP contribution in [0.25, 0.3) is 0 Å².